The Hall–Kier alpha value is -1.03. The molecule has 0 heterocycles. The van der Waals surface area contributed by atoms with Gasteiger partial charge in [0.25, 0.3) is 5.91 Å². The Bertz CT molecular complexity index is 275. The molecule has 0 aliphatic heterocycles. The molecule has 0 aromatic heterocycles. The molecule has 1 aromatic rings. The second kappa shape index (κ2) is 3.39. The molecule has 0 aliphatic rings. The molecule has 0 radical (unpaired) electrons. The third-order valence-corrected chi connectivity index (χ3v) is 1.58. The summed E-state index contributed by atoms with van der Waals surface area (Å²) < 4.78 is 4.72. The molecular formula is C7H6BrNO2. The summed E-state index contributed by atoms with van der Waals surface area (Å²) in [6.07, 6.45) is 0. The zero-order valence-corrected chi connectivity index (χ0v) is 7.17. The summed E-state index contributed by atoms with van der Waals surface area (Å²) in [4.78, 5) is 10.7. The van der Waals surface area contributed by atoms with Crippen molar-refractivity contribution < 1.29 is 8.62 Å². The lowest BCUT2D eigenvalue weighted by Crippen LogP contribution is -2.11. The molecular weight excluding hydrogens is 210 g/mol. The van der Waals surface area contributed by atoms with E-state index in [4.69, 9.17) is 9.56 Å². The number of hydrogen-bond donors (Lipinski definition) is 1. The maximum atomic E-state index is 10.7. The van der Waals surface area contributed by atoms with Gasteiger partial charge in [0.05, 0.1) is 5.56 Å². The highest BCUT2D eigenvalue weighted by Crippen LogP contribution is 2.18. The van der Waals surface area contributed by atoms with Crippen LogP contribution >= 0.6 is 16.3 Å². The van der Waals surface area contributed by atoms with Gasteiger partial charge in [-0.3, -0.25) is 4.79 Å². The predicted molar refractivity (Wildman–Crippen MR) is 44.5 cm³/mol. The van der Waals surface area contributed by atoms with Crippen molar-refractivity contribution in [3.8, 4) is 5.75 Å². The minimum absolute atomic E-state index is 0.365. The number of para-hydroxylation sites is 1. The van der Waals surface area contributed by atoms with Crippen LogP contribution in [0.4, 0.5) is 0 Å². The SMILES string of the molecule is NC(=O)c1ccccc1OBr. The second-order valence-corrected chi connectivity index (χ2v) is 2.26. The van der Waals surface area contributed by atoms with Gasteiger partial charge in [0, 0.05) is 0 Å². The topological polar surface area (TPSA) is 52.3 Å². The van der Waals surface area contributed by atoms with Crippen LogP contribution in [0.1, 0.15) is 10.4 Å². The van der Waals surface area contributed by atoms with Crippen LogP contribution in [0.3, 0.4) is 0 Å². The van der Waals surface area contributed by atoms with E-state index in [1.54, 1.807) is 24.3 Å². The fourth-order valence-electron chi connectivity index (χ4n) is 0.737. The van der Waals surface area contributed by atoms with Crippen LogP contribution < -0.4 is 9.56 Å². The molecule has 2 N–H and O–H groups in total. The number of primary amides is 1. The van der Waals surface area contributed by atoms with E-state index >= 15 is 0 Å². The van der Waals surface area contributed by atoms with Gasteiger partial charge in [-0.15, -0.1) is 0 Å². The van der Waals surface area contributed by atoms with E-state index in [2.05, 4.69) is 16.3 Å². The third kappa shape index (κ3) is 1.71. The molecule has 0 saturated carbocycles. The van der Waals surface area contributed by atoms with Crippen molar-refractivity contribution in [2.45, 2.75) is 0 Å². The van der Waals surface area contributed by atoms with Crippen molar-refractivity contribution in [3.63, 3.8) is 0 Å². The average molecular weight is 216 g/mol. The summed E-state index contributed by atoms with van der Waals surface area (Å²) in [7, 11) is 0. The highest BCUT2D eigenvalue weighted by Gasteiger charge is 2.06. The molecule has 0 bridgehead atoms. The summed E-state index contributed by atoms with van der Waals surface area (Å²) in [5, 5.41) is 0. The zero-order valence-electron chi connectivity index (χ0n) is 5.58. The first-order chi connectivity index (χ1) is 5.25. The summed E-state index contributed by atoms with van der Waals surface area (Å²) >= 11 is 2.77. The minimum Gasteiger partial charge on any atom is -0.417 e. The number of hydrogen-bond acceptors (Lipinski definition) is 2. The van der Waals surface area contributed by atoms with Crippen LogP contribution in [-0.4, -0.2) is 5.91 Å². The van der Waals surface area contributed by atoms with Crippen LogP contribution in [0.15, 0.2) is 24.3 Å². The normalized spacial score (nSPS) is 9.18. The number of nitrogens with two attached hydrogens (primary N) is 1. The molecule has 0 unspecified atom stereocenters. The van der Waals surface area contributed by atoms with Crippen molar-refractivity contribution in [1.82, 2.24) is 0 Å². The van der Waals surface area contributed by atoms with Gasteiger partial charge in [0.2, 0.25) is 0 Å². The predicted octanol–water partition coefficient (Wildman–Crippen LogP) is 1.47. The molecule has 3 nitrogen and oxygen atoms in total. The Morgan fingerprint density at radius 1 is 1.45 bits per heavy atom. The molecule has 1 aromatic carbocycles. The van der Waals surface area contributed by atoms with E-state index in [-0.39, 0.29) is 0 Å². The number of carbonyl (C=O) groups is 1. The van der Waals surface area contributed by atoms with Crippen LogP contribution in [0.2, 0.25) is 0 Å². The Morgan fingerprint density at radius 3 is 2.55 bits per heavy atom. The smallest absolute Gasteiger partial charge is 0.252 e. The molecule has 0 aliphatic carbocycles. The number of amides is 1. The Labute approximate surface area is 72.6 Å². The number of benzene rings is 1. The lowest BCUT2D eigenvalue weighted by molar-refractivity contribution is 0.0999. The van der Waals surface area contributed by atoms with Gasteiger partial charge in [0.1, 0.15) is 5.75 Å². The van der Waals surface area contributed by atoms with Crippen LogP contribution in [0.25, 0.3) is 0 Å². The first-order valence-corrected chi connectivity index (χ1v) is 3.58. The van der Waals surface area contributed by atoms with Gasteiger partial charge in [-0.2, -0.15) is 0 Å². The Balaban J connectivity index is 3.12. The summed E-state index contributed by atoms with van der Waals surface area (Å²) in [6, 6.07) is 6.71. The maximum absolute atomic E-state index is 10.7. The summed E-state index contributed by atoms with van der Waals surface area (Å²) in [6.45, 7) is 0. The lowest BCUT2D eigenvalue weighted by Gasteiger charge is -2.00. The van der Waals surface area contributed by atoms with Crippen molar-refractivity contribution in [2.75, 3.05) is 0 Å². The highest BCUT2D eigenvalue weighted by molar-refractivity contribution is 9.06. The van der Waals surface area contributed by atoms with E-state index in [9.17, 15) is 4.79 Å². The molecule has 0 spiro atoms. The molecule has 4 heteroatoms. The van der Waals surface area contributed by atoms with Crippen LogP contribution in [0, 0.1) is 0 Å². The number of halogens is 1. The summed E-state index contributed by atoms with van der Waals surface area (Å²) in [5.41, 5.74) is 5.42. The monoisotopic (exact) mass is 215 g/mol. The fraction of sp³-hybridized carbons (Fsp3) is 0. The van der Waals surface area contributed by atoms with Gasteiger partial charge >= 0.3 is 0 Å². The van der Waals surface area contributed by atoms with E-state index in [1.807, 2.05) is 0 Å². The molecule has 1 rings (SSSR count). The van der Waals surface area contributed by atoms with Crippen molar-refractivity contribution >= 4 is 22.2 Å². The van der Waals surface area contributed by atoms with E-state index < -0.39 is 5.91 Å². The van der Waals surface area contributed by atoms with Crippen molar-refractivity contribution in [2.24, 2.45) is 5.73 Å². The first-order valence-electron chi connectivity index (χ1n) is 2.93. The van der Waals surface area contributed by atoms with Gasteiger partial charge in [0.15, 0.2) is 16.3 Å². The van der Waals surface area contributed by atoms with Gasteiger partial charge in [-0.05, 0) is 12.1 Å². The first kappa shape index (κ1) is 8.07. The Morgan fingerprint density at radius 2 is 2.09 bits per heavy atom. The largest absolute Gasteiger partial charge is 0.417 e. The van der Waals surface area contributed by atoms with Crippen molar-refractivity contribution in [1.29, 1.82) is 0 Å². The fourth-order valence-corrected chi connectivity index (χ4v) is 1.02. The van der Waals surface area contributed by atoms with Gasteiger partial charge < -0.3 is 9.56 Å². The van der Waals surface area contributed by atoms with Crippen LogP contribution in [0.5, 0.6) is 5.75 Å². The summed E-state index contributed by atoms with van der Waals surface area (Å²) in [5.74, 6) is -0.0694. The Kier molecular flexibility index (Phi) is 2.48. The average Bonchev–Trinajstić information content (AvgIpc) is 2.04. The molecule has 11 heavy (non-hydrogen) atoms. The standard InChI is InChI=1S/C7H6BrNO2/c8-11-6-4-2-1-3-5(6)7(9)10/h1-4H,(H2,9,10). The second-order valence-electron chi connectivity index (χ2n) is 1.94. The third-order valence-electron chi connectivity index (χ3n) is 1.24. The molecule has 58 valence electrons. The van der Waals surface area contributed by atoms with Crippen molar-refractivity contribution in [3.05, 3.63) is 29.8 Å². The molecule has 0 atom stereocenters. The molecule has 0 saturated heterocycles. The van der Waals surface area contributed by atoms with Gasteiger partial charge in [-0.25, -0.2) is 0 Å². The molecule has 0 fully saturated rings. The van der Waals surface area contributed by atoms with Gasteiger partial charge in [-0.1, -0.05) is 12.1 Å². The minimum atomic E-state index is -0.500. The van der Waals surface area contributed by atoms with E-state index in [0.717, 1.165) is 0 Å². The number of carbonyl (C=O) groups excluding carboxylic acids is 1. The van der Waals surface area contributed by atoms with E-state index in [1.165, 1.54) is 0 Å². The van der Waals surface area contributed by atoms with Crippen LogP contribution in [-0.2, 0) is 0 Å². The van der Waals surface area contributed by atoms with E-state index in [0.29, 0.717) is 11.3 Å². The lowest BCUT2D eigenvalue weighted by atomic mass is 10.2. The quantitative estimate of drug-likeness (QED) is 0.813. The molecule has 1 amide bonds. The maximum Gasteiger partial charge on any atom is 0.252 e. The zero-order chi connectivity index (χ0) is 8.27. The number of rotatable bonds is 2. The highest BCUT2D eigenvalue weighted by atomic mass is 79.9.